The predicted molar refractivity (Wildman–Crippen MR) is 72.1 cm³/mol. The van der Waals surface area contributed by atoms with Gasteiger partial charge in [-0.15, -0.1) is 0 Å². The lowest BCUT2D eigenvalue weighted by Crippen LogP contribution is -2.48. The molecule has 0 saturated carbocycles. The molecular weight excluding hydrogens is 303 g/mol. The fourth-order valence-electron chi connectivity index (χ4n) is 1.66. The van der Waals surface area contributed by atoms with E-state index in [-0.39, 0.29) is 12.3 Å². The van der Waals surface area contributed by atoms with Crippen molar-refractivity contribution in [2.24, 2.45) is 0 Å². The number of amides is 1. The summed E-state index contributed by atoms with van der Waals surface area (Å²) in [4.78, 5) is 11.8. The molecule has 5 nitrogen and oxygen atoms in total. The maximum absolute atomic E-state index is 13.2. The van der Waals surface area contributed by atoms with Gasteiger partial charge in [-0.05, 0) is 32.9 Å². The van der Waals surface area contributed by atoms with Crippen LogP contribution < -0.4 is 5.32 Å². The molecule has 0 aliphatic heterocycles. The Morgan fingerprint density at radius 3 is 2.36 bits per heavy atom. The number of carbonyl (C=O) groups excluding carboxylic acids is 1. The van der Waals surface area contributed by atoms with Crippen molar-refractivity contribution in [2.45, 2.75) is 44.6 Å². The number of ether oxygens (including phenoxy) is 1. The lowest BCUT2D eigenvalue weighted by Gasteiger charge is -2.29. The molecule has 0 saturated heterocycles. The molecule has 8 heteroatoms. The van der Waals surface area contributed by atoms with Crippen molar-refractivity contribution in [3.05, 3.63) is 23.7 Å². The van der Waals surface area contributed by atoms with Crippen LogP contribution in [0.2, 0.25) is 0 Å². The number of aryl methyl sites for hydroxylation is 1. The molecule has 0 fully saturated rings. The van der Waals surface area contributed by atoms with Crippen molar-refractivity contribution in [1.82, 2.24) is 5.32 Å². The standard InChI is InChI=1S/C14H20F3NO4/c1-9-5-6-10(22-9)13(20,14(15,16)17)7-11(19)18-8-12(2,3)21-4/h5-6,20H,7-8H2,1-4H3,(H,18,19). The number of aliphatic hydroxyl groups is 1. The molecule has 1 rings (SSSR count). The van der Waals surface area contributed by atoms with Gasteiger partial charge in [0.15, 0.2) is 0 Å². The molecule has 0 bridgehead atoms. The van der Waals surface area contributed by atoms with Gasteiger partial charge in [0.2, 0.25) is 11.5 Å². The Balaban J connectivity index is 2.90. The maximum Gasteiger partial charge on any atom is 0.425 e. The smallest absolute Gasteiger partial charge is 0.425 e. The van der Waals surface area contributed by atoms with E-state index in [4.69, 9.17) is 9.15 Å². The van der Waals surface area contributed by atoms with Gasteiger partial charge in [-0.2, -0.15) is 13.2 Å². The van der Waals surface area contributed by atoms with Gasteiger partial charge in [0.05, 0.1) is 12.0 Å². The van der Waals surface area contributed by atoms with Crippen molar-refractivity contribution < 1.29 is 32.2 Å². The number of carbonyl (C=O) groups is 1. The van der Waals surface area contributed by atoms with Crippen molar-refractivity contribution >= 4 is 5.91 Å². The van der Waals surface area contributed by atoms with Crippen LogP contribution in [0, 0.1) is 6.92 Å². The highest BCUT2D eigenvalue weighted by Crippen LogP contribution is 2.42. The predicted octanol–water partition coefficient (Wildman–Crippen LogP) is 2.27. The minimum Gasteiger partial charge on any atom is -0.463 e. The zero-order chi connectivity index (χ0) is 17.2. The topological polar surface area (TPSA) is 71.7 Å². The Morgan fingerprint density at radius 2 is 1.95 bits per heavy atom. The van der Waals surface area contributed by atoms with E-state index in [1.165, 1.54) is 20.1 Å². The van der Waals surface area contributed by atoms with Crippen LogP contribution in [-0.2, 0) is 15.1 Å². The number of nitrogens with one attached hydrogen (secondary N) is 1. The van der Waals surface area contributed by atoms with Crippen LogP contribution in [0.15, 0.2) is 16.5 Å². The summed E-state index contributed by atoms with van der Waals surface area (Å²) in [5.41, 5.74) is -4.10. The number of alkyl halides is 3. The second-order valence-corrected chi connectivity index (χ2v) is 5.69. The third-order valence-electron chi connectivity index (χ3n) is 3.30. The second-order valence-electron chi connectivity index (χ2n) is 5.69. The molecule has 22 heavy (non-hydrogen) atoms. The Kier molecular flexibility index (Phi) is 5.30. The van der Waals surface area contributed by atoms with E-state index in [2.05, 4.69) is 5.32 Å². The zero-order valence-corrected chi connectivity index (χ0v) is 12.9. The molecular formula is C14H20F3NO4. The van der Waals surface area contributed by atoms with Crippen LogP contribution in [0.3, 0.4) is 0 Å². The maximum atomic E-state index is 13.2. The van der Waals surface area contributed by atoms with Crippen LogP contribution in [0.5, 0.6) is 0 Å². The molecule has 126 valence electrons. The molecule has 1 heterocycles. The van der Waals surface area contributed by atoms with Gasteiger partial charge in [-0.3, -0.25) is 4.79 Å². The summed E-state index contributed by atoms with van der Waals surface area (Å²) in [7, 11) is 1.42. The lowest BCUT2D eigenvalue weighted by atomic mass is 9.95. The van der Waals surface area contributed by atoms with Gasteiger partial charge >= 0.3 is 6.18 Å². The van der Waals surface area contributed by atoms with Gasteiger partial charge in [0.25, 0.3) is 0 Å². The Morgan fingerprint density at radius 1 is 1.36 bits per heavy atom. The molecule has 0 spiro atoms. The second kappa shape index (κ2) is 6.29. The van der Waals surface area contributed by atoms with E-state index in [0.29, 0.717) is 0 Å². The number of rotatable bonds is 6. The highest BCUT2D eigenvalue weighted by atomic mass is 19.4. The Labute approximate surface area is 126 Å². The molecule has 1 aromatic heterocycles. The Hall–Kier alpha value is -1.54. The van der Waals surface area contributed by atoms with E-state index >= 15 is 0 Å². The molecule has 2 N–H and O–H groups in total. The largest absolute Gasteiger partial charge is 0.463 e. The number of hydrogen-bond acceptors (Lipinski definition) is 4. The number of halogens is 3. The normalized spacial score (nSPS) is 15.5. The monoisotopic (exact) mass is 323 g/mol. The van der Waals surface area contributed by atoms with Crippen molar-refractivity contribution in [1.29, 1.82) is 0 Å². The molecule has 0 aromatic carbocycles. The fraction of sp³-hybridized carbons (Fsp3) is 0.643. The van der Waals surface area contributed by atoms with Crippen molar-refractivity contribution in [2.75, 3.05) is 13.7 Å². The molecule has 0 aliphatic rings. The third kappa shape index (κ3) is 4.23. The van der Waals surface area contributed by atoms with Crippen LogP contribution in [0.1, 0.15) is 31.8 Å². The molecule has 1 amide bonds. The average molecular weight is 323 g/mol. The van der Waals surface area contributed by atoms with E-state index in [1.54, 1.807) is 13.8 Å². The van der Waals surface area contributed by atoms with Crippen molar-refractivity contribution in [3.8, 4) is 0 Å². The summed E-state index contributed by atoms with van der Waals surface area (Å²) in [6.07, 6.45) is -6.24. The molecule has 1 aromatic rings. The van der Waals surface area contributed by atoms with Crippen LogP contribution in [0.25, 0.3) is 0 Å². The van der Waals surface area contributed by atoms with Gasteiger partial charge < -0.3 is 19.6 Å². The Bertz CT molecular complexity index is 524. The van der Waals surface area contributed by atoms with E-state index < -0.39 is 35.5 Å². The first kappa shape index (κ1) is 18.5. The van der Waals surface area contributed by atoms with Gasteiger partial charge in [0, 0.05) is 13.7 Å². The van der Waals surface area contributed by atoms with Crippen LogP contribution in [-0.4, -0.2) is 36.4 Å². The molecule has 0 radical (unpaired) electrons. The van der Waals surface area contributed by atoms with Gasteiger partial charge in [0.1, 0.15) is 11.5 Å². The summed E-state index contributed by atoms with van der Waals surface area (Å²) in [6.45, 7) is 4.78. The van der Waals surface area contributed by atoms with Crippen molar-refractivity contribution in [3.63, 3.8) is 0 Å². The highest BCUT2D eigenvalue weighted by molar-refractivity contribution is 5.77. The first-order chi connectivity index (χ1) is 9.91. The van der Waals surface area contributed by atoms with Gasteiger partial charge in [-0.1, -0.05) is 0 Å². The summed E-state index contributed by atoms with van der Waals surface area (Å²) < 4.78 is 49.5. The third-order valence-corrected chi connectivity index (χ3v) is 3.30. The summed E-state index contributed by atoms with van der Waals surface area (Å²) in [6, 6.07) is 2.30. The molecule has 0 aliphatic carbocycles. The summed E-state index contributed by atoms with van der Waals surface area (Å²) in [5, 5.41) is 12.3. The number of furan rings is 1. The molecule has 1 atom stereocenters. The van der Waals surface area contributed by atoms with E-state index in [1.807, 2.05) is 0 Å². The summed E-state index contributed by atoms with van der Waals surface area (Å²) in [5.74, 6) is -1.46. The lowest BCUT2D eigenvalue weighted by molar-refractivity contribution is -0.273. The van der Waals surface area contributed by atoms with Crippen LogP contribution in [0.4, 0.5) is 13.2 Å². The number of methoxy groups -OCH3 is 1. The first-order valence-corrected chi connectivity index (χ1v) is 6.59. The SMILES string of the molecule is COC(C)(C)CNC(=O)CC(O)(c1ccc(C)o1)C(F)(F)F. The minimum atomic E-state index is -5.05. The quantitative estimate of drug-likeness (QED) is 0.842. The van der Waals surface area contributed by atoms with Gasteiger partial charge in [-0.25, -0.2) is 0 Å². The zero-order valence-electron chi connectivity index (χ0n) is 12.9. The summed E-state index contributed by atoms with van der Waals surface area (Å²) >= 11 is 0. The number of hydrogen-bond donors (Lipinski definition) is 2. The van der Waals surface area contributed by atoms with E-state index in [9.17, 15) is 23.1 Å². The molecule has 1 unspecified atom stereocenters. The fourth-order valence-corrected chi connectivity index (χ4v) is 1.66. The highest BCUT2D eigenvalue weighted by Gasteiger charge is 2.58. The van der Waals surface area contributed by atoms with E-state index in [0.717, 1.165) is 6.07 Å². The minimum absolute atomic E-state index is 0.00739. The first-order valence-electron chi connectivity index (χ1n) is 6.59. The average Bonchev–Trinajstić information content (AvgIpc) is 2.82. The van der Waals surface area contributed by atoms with Crippen LogP contribution >= 0.6 is 0 Å².